The molecule has 0 atom stereocenters. The lowest BCUT2D eigenvalue weighted by atomic mass is 9.95. The highest BCUT2D eigenvalue weighted by Gasteiger charge is 2.11. The Morgan fingerprint density at radius 2 is 1.28 bits per heavy atom. The SMILES string of the molecule is C=C(CO)C(=O)OCCOc1ccc(-c2ccc(O/C=C\Oc3ccc(OC(=O)C(=C)CO)cc3)cc2CCCCCCF)cc1. The van der Waals surface area contributed by atoms with Crippen molar-refractivity contribution in [1.82, 2.24) is 0 Å². The third-order valence-electron chi connectivity index (χ3n) is 6.61. The van der Waals surface area contributed by atoms with Gasteiger partial charge in [0.1, 0.15) is 48.7 Å². The number of alkyl halides is 1. The molecule has 0 heterocycles. The maximum absolute atomic E-state index is 12.5. The first-order chi connectivity index (χ1) is 22.3. The maximum atomic E-state index is 12.5. The monoisotopic (exact) mass is 634 g/mol. The maximum Gasteiger partial charge on any atom is 0.341 e. The number of aliphatic hydroxyl groups is 2. The smallest absolute Gasteiger partial charge is 0.341 e. The summed E-state index contributed by atoms with van der Waals surface area (Å²) < 4.78 is 39.7. The van der Waals surface area contributed by atoms with Gasteiger partial charge in [0.05, 0.1) is 31.0 Å². The average Bonchev–Trinajstić information content (AvgIpc) is 3.08. The normalized spacial score (nSPS) is 10.8. The van der Waals surface area contributed by atoms with Crippen LogP contribution in [0.5, 0.6) is 23.0 Å². The van der Waals surface area contributed by atoms with Gasteiger partial charge >= 0.3 is 11.9 Å². The van der Waals surface area contributed by atoms with Crippen LogP contribution in [-0.4, -0.2) is 55.3 Å². The van der Waals surface area contributed by atoms with Gasteiger partial charge in [0, 0.05) is 0 Å². The number of hydrogen-bond donors (Lipinski definition) is 2. The third kappa shape index (κ3) is 11.9. The van der Waals surface area contributed by atoms with Crippen LogP contribution in [0, 0.1) is 0 Å². The van der Waals surface area contributed by atoms with Crippen LogP contribution in [0.1, 0.15) is 31.2 Å². The summed E-state index contributed by atoms with van der Waals surface area (Å²) in [5, 5.41) is 17.9. The fraction of sp³-hybridized carbons (Fsp3) is 0.278. The molecule has 3 aromatic carbocycles. The third-order valence-corrected chi connectivity index (χ3v) is 6.61. The van der Waals surface area contributed by atoms with Gasteiger partial charge in [-0.2, -0.15) is 0 Å². The van der Waals surface area contributed by atoms with Gasteiger partial charge in [-0.25, -0.2) is 9.59 Å². The molecule has 10 heteroatoms. The molecular formula is C36H39FO9. The second-order valence-corrected chi connectivity index (χ2v) is 10.1. The van der Waals surface area contributed by atoms with E-state index in [1.807, 2.05) is 42.5 Å². The summed E-state index contributed by atoms with van der Waals surface area (Å²) in [6.45, 7) is 5.78. The van der Waals surface area contributed by atoms with Gasteiger partial charge in [-0.05, 0) is 84.5 Å². The van der Waals surface area contributed by atoms with Gasteiger partial charge in [0.15, 0.2) is 0 Å². The van der Waals surface area contributed by atoms with Crippen molar-refractivity contribution in [3.63, 3.8) is 0 Å². The quantitative estimate of drug-likeness (QED) is 0.0486. The number of aryl methyl sites for hydroxylation is 1. The fourth-order valence-electron chi connectivity index (χ4n) is 4.13. The molecule has 3 aromatic rings. The Hall–Kier alpha value is -4.93. The summed E-state index contributed by atoms with van der Waals surface area (Å²) in [6.07, 6.45) is 6.80. The van der Waals surface area contributed by atoms with Gasteiger partial charge in [-0.15, -0.1) is 0 Å². The van der Waals surface area contributed by atoms with E-state index in [4.69, 9.17) is 33.9 Å². The van der Waals surface area contributed by atoms with Crippen LogP contribution in [0.4, 0.5) is 4.39 Å². The van der Waals surface area contributed by atoms with Crippen LogP contribution < -0.4 is 18.9 Å². The van der Waals surface area contributed by atoms with Crippen LogP contribution in [0.3, 0.4) is 0 Å². The number of ether oxygens (including phenoxy) is 5. The molecule has 0 spiro atoms. The summed E-state index contributed by atoms with van der Waals surface area (Å²) in [5.41, 5.74) is 3.03. The average molecular weight is 635 g/mol. The van der Waals surface area contributed by atoms with Crippen LogP contribution in [0.15, 0.2) is 104 Å². The molecule has 0 amide bonds. The van der Waals surface area contributed by atoms with Gasteiger partial charge in [0.2, 0.25) is 0 Å². The zero-order chi connectivity index (χ0) is 33.1. The summed E-state index contributed by atoms with van der Waals surface area (Å²) in [5.74, 6) is 0.643. The van der Waals surface area contributed by atoms with Crippen molar-refractivity contribution in [3.8, 4) is 34.1 Å². The highest BCUT2D eigenvalue weighted by atomic mass is 19.1. The molecule has 0 aliphatic heterocycles. The van der Waals surface area contributed by atoms with Crippen molar-refractivity contribution in [2.75, 3.05) is 33.1 Å². The van der Waals surface area contributed by atoms with E-state index in [2.05, 4.69) is 13.2 Å². The molecule has 0 saturated carbocycles. The highest BCUT2D eigenvalue weighted by Crippen LogP contribution is 2.30. The van der Waals surface area contributed by atoms with E-state index in [0.29, 0.717) is 23.7 Å². The second kappa shape index (κ2) is 19.5. The Bertz CT molecular complexity index is 1460. The van der Waals surface area contributed by atoms with E-state index in [1.165, 1.54) is 12.5 Å². The first kappa shape index (κ1) is 35.5. The number of benzene rings is 3. The lowest BCUT2D eigenvalue weighted by molar-refractivity contribution is -0.140. The van der Waals surface area contributed by atoms with Crippen LogP contribution in [0.25, 0.3) is 11.1 Å². The molecule has 2 N–H and O–H groups in total. The predicted octanol–water partition coefficient (Wildman–Crippen LogP) is 6.28. The van der Waals surface area contributed by atoms with Gasteiger partial charge in [-0.1, -0.05) is 44.2 Å². The second-order valence-electron chi connectivity index (χ2n) is 10.1. The van der Waals surface area contributed by atoms with Crippen LogP contribution >= 0.6 is 0 Å². The van der Waals surface area contributed by atoms with E-state index in [-0.39, 0.29) is 36.8 Å². The molecule has 0 saturated heterocycles. The number of esters is 2. The predicted molar refractivity (Wildman–Crippen MR) is 171 cm³/mol. The van der Waals surface area contributed by atoms with Crippen molar-refractivity contribution in [2.24, 2.45) is 0 Å². The number of halogens is 1. The largest absolute Gasteiger partial charge is 0.490 e. The molecule has 0 bridgehead atoms. The van der Waals surface area contributed by atoms with E-state index in [9.17, 15) is 14.0 Å². The Kier molecular flexibility index (Phi) is 15.0. The number of carbonyl (C=O) groups excluding carboxylic acids is 2. The van der Waals surface area contributed by atoms with E-state index >= 15 is 0 Å². The van der Waals surface area contributed by atoms with Gasteiger partial charge in [0.25, 0.3) is 0 Å². The topological polar surface area (TPSA) is 121 Å². The van der Waals surface area contributed by atoms with Crippen molar-refractivity contribution < 1.29 is 47.9 Å². The standard InChI is InChI=1S/C36H39FO9/c1-26(24-38)35(40)45-22-21-43-30-10-8-28(9-11-30)34-17-16-33(23-29(34)7-5-3-4-6-18-37)44-20-19-42-31-12-14-32(15-13-31)46-36(41)27(2)25-39/h8-17,19-20,23,38-39H,1-7,18,21-22,24-25H2/b20-19-. The fourth-order valence-corrected chi connectivity index (χ4v) is 4.13. The Morgan fingerprint density at radius 1 is 0.696 bits per heavy atom. The van der Waals surface area contributed by atoms with Gasteiger partial charge in [-0.3, -0.25) is 4.39 Å². The molecule has 0 radical (unpaired) electrons. The first-order valence-corrected chi connectivity index (χ1v) is 14.8. The molecule has 9 nitrogen and oxygen atoms in total. The molecule has 244 valence electrons. The molecule has 46 heavy (non-hydrogen) atoms. The number of hydrogen-bond acceptors (Lipinski definition) is 9. The summed E-state index contributed by atoms with van der Waals surface area (Å²) in [6, 6.07) is 19.7. The number of unbranched alkanes of at least 4 members (excludes halogenated alkanes) is 3. The van der Waals surface area contributed by atoms with E-state index < -0.39 is 25.2 Å². The number of rotatable bonds is 20. The summed E-state index contributed by atoms with van der Waals surface area (Å²) in [7, 11) is 0. The molecule has 0 fully saturated rings. The summed E-state index contributed by atoms with van der Waals surface area (Å²) in [4.78, 5) is 23.3. The van der Waals surface area contributed by atoms with E-state index in [0.717, 1.165) is 42.4 Å². The van der Waals surface area contributed by atoms with E-state index in [1.54, 1.807) is 24.3 Å². The minimum Gasteiger partial charge on any atom is -0.490 e. The first-order valence-electron chi connectivity index (χ1n) is 14.8. The van der Waals surface area contributed by atoms with Crippen molar-refractivity contribution in [2.45, 2.75) is 32.1 Å². The van der Waals surface area contributed by atoms with Crippen LogP contribution in [0.2, 0.25) is 0 Å². The van der Waals surface area contributed by atoms with Crippen molar-refractivity contribution >= 4 is 11.9 Å². The molecular weight excluding hydrogens is 595 g/mol. The highest BCUT2D eigenvalue weighted by molar-refractivity contribution is 5.89. The molecule has 0 unspecified atom stereocenters. The minimum atomic E-state index is -0.708. The lowest BCUT2D eigenvalue weighted by Crippen LogP contribution is -2.14. The zero-order valence-corrected chi connectivity index (χ0v) is 25.6. The Balaban J connectivity index is 1.60. The summed E-state index contributed by atoms with van der Waals surface area (Å²) >= 11 is 0. The number of carbonyl (C=O) groups is 2. The molecule has 0 aliphatic carbocycles. The van der Waals surface area contributed by atoms with Crippen LogP contribution in [-0.2, 0) is 20.7 Å². The van der Waals surface area contributed by atoms with Gasteiger partial charge < -0.3 is 33.9 Å². The number of aliphatic hydroxyl groups excluding tert-OH is 2. The molecule has 0 aliphatic rings. The Labute approximate surface area is 268 Å². The molecule has 3 rings (SSSR count). The van der Waals surface area contributed by atoms with Crippen molar-refractivity contribution in [3.05, 3.63) is 109 Å². The minimum absolute atomic E-state index is 0.0139. The lowest BCUT2D eigenvalue weighted by Gasteiger charge is -2.13. The zero-order valence-electron chi connectivity index (χ0n) is 25.6. The molecule has 0 aromatic heterocycles. The van der Waals surface area contributed by atoms with Crippen molar-refractivity contribution in [1.29, 1.82) is 0 Å². The Morgan fingerprint density at radius 3 is 1.96 bits per heavy atom.